The number of ether oxygens (including phenoxy) is 1. The van der Waals surface area contributed by atoms with E-state index in [1.165, 1.54) is 13.3 Å². The Balaban J connectivity index is 2.05. The molecule has 0 fully saturated rings. The van der Waals surface area contributed by atoms with Crippen LogP contribution in [0.2, 0.25) is 0 Å². The smallest absolute Gasteiger partial charge is 0.338 e. The molecule has 2 aromatic rings. The summed E-state index contributed by atoms with van der Waals surface area (Å²) in [6.45, 7) is 5.99. The van der Waals surface area contributed by atoms with Gasteiger partial charge in [-0.25, -0.2) is 10.2 Å². The Labute approximate surface area is 153 Å². The summed E-state index contributed by atoms with van der Waals surface area (Å²) in [5.74, 6) is -0.770. The first-order valence-corrected chi connectivity index (χ1v) is 8.46. The molecular formula is C20H23N3O3. The average Bonchev–Trinajstić information content (AvgIpc) is 2.69. The summed E-state index contributed by atoms with van der Waals surface area (Å²) in [7, 11) is 1.32. The summed E-state index contributed by atoms with van der Waals surface area (Å²) in [5.41, 5.74) is 5.01. The minimum Gasteiger partial charge on any atom is -0.465 e. The molecule has 1 N–H and O–H groups in total. The number of anilines is 1. The number of rotatable bonds is 7. The van der Waals surface area contributed by atoms with E-state index >= 15 is 0 Å². The molecule has 0 aliphatic heterocycles. The van der Waals surface area contributed by atoms with Crippen molar-refractivity contribution >= 4 is 23.8 Å². The highest BCUT2D eigenvalue weighted by molar-refractivity contribution is 6.00. The zero-order valence-electron chi connectivity index (χ0n) is 15.2. The average molecular weight is 353 g/mol. The Bertz CT molecular complexity index is 781. The lowest BCUT2D eigenvalue weighted by molar-refractivity contribution is 0.0600. The molecule has 2 rings (SSSR count). The van der Waals surface area contributed by atoms with Crippen molar-refractivity contribution in [2.75, 3.05) is 25.1 Å². The molecule has 26 heavy (non-hydrogen) atoms. The second kappa shape index (κ2) is 9.36. The van der Waals surface area contributed by atoms with Gasteiger partial charge in [0.2, 0.25) is 0 Å². The van der Waals surface area contributed by atoms with E-state index in [0.717, 1.165) is 18.8 Å². The number of hydrazone groups is 1. The van der Waals surface area contributed by atoms with Gasteiger partial charge < -0.3 is 9.64 Å². The number of nitrogens with one attached hydrogen (secondary N) is 1. The summed E-state index contributed by atoms with van der Waals surface area (Å²) in [6, 6.07) is 14.2. The molecule has 0 saturated carbocycles. The Morgan fingerprint density at radius 1 is 1.08 bits per heavy atom. The zero-order chi connectivity index (χ0) is 18.9. The van der Waals surface area contributed by atoms with Gasteiger partial charge in [0.15, 0.2) is 0 Å². The second-order valence-electron chi connectivity index (χ2n) is 5.50. The Hall–Kier alpha value is -3.15. The van der Waals surface area contributed by atoms with E-state index < -0.39 is 5.97 Å². The maximum absolute atomic E-state index is 12.2. The summed E-state index contributed by atoms with van der Waals surface area (Å²) in [6.07, 6.45) is 1.43. The zero-order valence-corrected chi connectivity index (χ0v) is 15.2. The topological polar surface area (TPSA) is 71.0 Å². The minimum atomic E-state index is -0.453. The molecule has 0 radical (unpaired) electrons. The molecule has 6 nitrogen and oxygen atoms in total. The largest absolute Gasteiger partial charge is 0.465 e. The second-order valence-corrected chi connectivity index (χ2v) is 5.50. The van der Waals surface area contributed by atoms with Gasteiger partial charge in [0, 0.05) is 29.9 Å². The number of carbonyl (C=O) groups excluding carboxylic acids is 2. The highest BCUT2D eigenvalue weighted by Crippen LogP contribution is 2.15. The first-order valence-electron chi connectivity index (χ1n) is 8.46. The highest BCUT2D eigenvalue weighted by atomic mass is 16.5. The molecule has 1 amide bonds. The molecule has 0 aromatic heterocycles. The van der Waals surface area contributed by atoms with Crippen molar-refractivity contribution in [2.45, 2.75) is 13.8 Å². The first-order chi connectivity index (χ1) is 12.6. The quantitative estimate of drug-likeness (QED) is 0.472. The molecule has 2 aromatic carbocycles. The number of hydrogen-bond donors (Lipinski definition) is 1. The normalized spacial score (nSPS) is 10.6. The Kier molecular flexibility index (Phi) is 6.91. The number of benzene rings is 2. The van der Waals surface area contributed by atoms with Crippen LogP contribution in [0.5, 0.6) is 0 Å². The number of amides is 1. The van der Waals surface area contributed by atoms with Crippen LogP contribution in [0.4, 0.5) is 5.69 Å². The predicted octanol–water partition coefficient (Wildman–Crippen LogP) is 3.08. The van der Waals surface area contributed by atoms with Crippen LogP contribution in [0, 0.1) is 0 Å². The fourth-order valence-corrected chi connectivity index (χ4v) is 2.54. The highest BCUT2D eigenvalue weighted by Gasteiger charge is 2.10. The third kappa shape index (κ3) is 4.69. The Morgan fingerprint density at radius 2 is 1.73 bits per heavy atom. The number of methoxy groups -OCH3 is 1. The molecule has 0 bridgehead atoms. The fourth-order valence-electron chi connectivity index (χ4n) is 2.54. The van der Waals surface area contributed by atoms with Crippen molar-refractivity contribution in [1.82, 2.24) is 5.43 Å². The van der Waals surface area contributed by atoms with Gasteiger partial charge in [-0.1, -0.05) is 18.2 Å². The van der Waals surface area contributed by atoms with Crippen molar-refractivity contribution in [1.29, 1.82) is 0 Å². The standard InChI is InChI=1S/C20H23N3O3/c1-4-23(5-2)17-12-10-15(11-13-17)19(24)22-21-14-16-8-6-7-9-18(16)20(25)26-3/h6-14H,4-5H2,1-3H3,(H,22,24)/b21-14+. The molecule has 0 atom stereocenters. The molecule has 0 aliphatic carbocycles. The van der Waals surface area contributed by atoms with Gasteiger partial charge in [-0.15, -0.1) is 0 Å². The predicted molar refractivity (Wildman–Crippen MR) is 103 cm³/mol. The SMILES string of the molecule is CCN(CC)c1ccc(C(=O)N/N=C/c2ccccc2C(=O)OC)cc1. The summed E-state index contributed by atoms with van der Waals surface area (Å²) in [4.78, 5) is 26.1. The van der Waals surface area contributed by atoms with E-state index in [9.17, 15) is 9.59 Å². The van der Waals surface area contributed by atoms with Crippen molar-refractivity contribution < 1.29 is 14.3 Å². The van der Waals surface area contributed by atoms with E-state index in [1.807, 2.05) is 12.1 Å². The van der Waals surface area contributed by atoms with E-state index in [-0.39, 0.29) is 5.91 Å². The molecular weight excluding hydrogens is 330 g/mol. The molecule has 6 heteroatoms. The molecule has 0 saturated heterocycles. The third-order valence-electron chi connectivity index (χ3n) is 3.99. The van der Waals surface area contributed by atoms with Crippen LogP contribution < -0.4 is 10.3 Å². The lowest BCUT2D eigenvalue weighted by atomic mass is 10.1. The van der Waals surface area contributed by atoms with Gasteiger partial charge in [0.1, 0.15) is 0 Å². The Morgan fingerprint density at radius 3 is 2.35 bits per heavy atom. The minimum absolute atomic E-state index is 0.317. The monoisotopic (exact) mass is 353 g/mol. The lowest BCUT2D eigenvalue weighted by Gasteiger charge is -2.20. The van der Waals surface area contributed by atoms with Gasteiger partial charge in [0.05, 0.1) is 18.9 Å². The van der Waals surface area contributed by atoms with E-state index in [2.05, 4.69) is 29.3 Å². The molecule has 0 spiro atoms. The van der Waals surface area contributed by atoms with E-state index in [4.69, 9.17) is 4.74 Å². The first kappa shape index (κ1) is 19.2. The molecule has 0 aliphatic rings. The van der Waals surface area contributed by atoms with Crippen LogP contribution >= 0.6 is 0 Å². The van der Waals surface area contributed by atoms with Crippen LogP contribution in [0.15, 0.2) is 53.6 Å². The van der Waals surface area contributed by atoms with Gasteiger partial charge in [0.25, 0.3) is 5.91 Å². The van der Waals surface area contributed by atoms with Gasteiger partial charge in [-0.3, -0.25) is 4.79 Å². The van der Waals surface area contributed by atoms with Crippen LogP contribution in [0.1, 0.15) is 40.1 Å². The number of nitrogens with zero attached hydrogens (tertiary/aromatic N) is 2. The van der Waals surface area contributed by atoms with Crippen molar-refractivity contribution in [3.8, 4) is 0 Å². The van der Waals surface area contributed by atoms with Crippen molar-refractivity contribution in [3.63, 3.8) is 0 Å². The third-order valence-corrected chi connectivity index (χ3v) is 3.99. The van der Waals surface area contributed by atoms with Gasteiger partial charge in [-0.2, -0.15) is 5.10 Å². The van der Waals surface area contributed by atoms with Crippen LogP contribution in [0.3, 0.4) is 0 Å². The fraction of sp³-hybridized carbons (Fsp3) is 0.250. The van der Waals surface area contributed by atoms with Crippen LogP contribution in [0.25, 0.3) is 0 Å². The van der Waals surface area contributed by atoms with Gasteiger partial charge >= 0.3 is 5.97 Å². The van der Waals surface area contributed by atoms with Crippen molar-refractivity contribution in [2.24, 2.45) is 5.10 Å². The van der Waals surface area contributed by atoms with Gasteiger partial charge in [-0.05, 0) is 44.2 Å². The summed E-state index contributed by atoms with van der Waals surface area (Å²) in [5, 5.41) is 3.94. The molecule has 0 unspecified atom stereocenters. The maximum atomic E-state index is 12.2. The summed E-state index contributed by atoms with van der Waals surface area (Å²) >= 11 is 0. The van der Waals surface area contributed by atoms with Crippen LogP contribution in [-0.4, -0.2) is 38.3 Å². The molecule has 136 valence electrons. The number of hydrogen-bond acceptors (Lipinski definition) is 5. The number of carbonyl (C=O) groups is 2. The van der Waals surface area contributed by atoms with E-state index in [1.54, 1.807) is 36.4 Å². The lowest BCUT2D eigenvalue weighted by Crippen LogP contribution is -2.22. The molecule has 0 heterocycles. The van der Waals surface area contributed by atoms with Crippen molar-refractivity contribution in [3.05, 3.63) is 65.2 Å². The number of esters is 1. The summed E-state index contributed by atoms with van der Waals surface area (Å²) < 4.78 is 4.73. The van der Waals surface area contributed by atoms with Crippen LogP contribution in [-0.2, 0) is 4.74 Å². The van der Waals surface area contributed by atoms with E-state index in [0.29, 0.717) is 16.7 Å². The maximum Gasteiger partial charge on any atom is 0.338 e.